The van der Waals surface area contributed by atoms with Crippen LogP contribution in [0.25, 0.3) is 43.6 Å². The van der Waals surface area contributed by atoms with Crippen molar-refractivity contribution in [1.29, 1.82) is 0 Å². The Bertz CT molecular complexity index is 5800. The van der Waals surface area contributed by atoms with E-state index in [4.69, 9.17) is 4.74 Å². The van der Waals surface area contributed by atoms with Gasteiger partial charge in [-0.25, -0.2) is 63.5 Å². The molecule has 0 radical (unpaired) electrons. The SMILES string of the molecule is Fc1cc(F)cc(Cc2ccc3n[nH]c(C#Cc4ccccn4)c3c2)c1.Fc1cc(F)cc(Nc2ccc3n[nH]c(C#Cc4ccccn4)c3c2)c1.Fc1cc(F)cc(Oc2ccc3n[nH]c(C#Cc4ccccn4)c3c2)c1.O=S(=O)(c1cc(F)cc(F)c1)c1ccc2n[nH]c(C#Cc3ccccn3)c2c1. The highest BCUT2D eigenvalue weighted by atomic mass is 32.2. The second-order valence-corrected chi connectivity index (χ2v) is 24.7. The van der Waals surface area contributed by atoms with Gasteiger partial charge in [-0.1, -0.05) is 30.3 Å². The van der Waals surface area contributed by atoms with Crippen molar-refractivity contribution in [2.45, 2.75) is 16.2 Å². The van der Waals surface area contributed by atoms with Crippen molar-refractivity contribution in [2.75, 3.05) is 5.32 Å². The number of rotatable bonds is 8. The Balaban J connectivity index is 0.000000125. The number of sulfone groups is 1. The minimum atomic E-state index is -4.12. The third-order valence-corrected chi connectivity index (χ3v) is 16.9. The van der Waals surface area contributed by atoms with E-state index in [1.807, 2.05) is 72.8 Å². The molecular formula is C81H47F8N13O3S. The first-order valence-electron chi connectivity index (χ1n) is 31.6. The highest BCUT2D eigenvalue weighted by Crippen LogP contribution is 2.31. The molecule has 0 unspecified atom stereocenters. The number of anilines is 2. The number of ether oxygens (including phenoxy) is 1. The number of nitrogens with one attached hydrogen (secondary N) is 5. The molecule has 0 spiro atoms. The fourth-order valence-corrected chi connectivity index (χ4v) is 11.7. The molecule has 0 aliphatic rings. The summed E-state index contributed by atoms with van der Waals surface area (Å²) in [5.41, 5.74) is 10.1. The molecule has 0 amide bonds. The van der Waals surface area contributed by atoms with Gasteiger partial charge in [0.25, 0.3) is 0 Å². The Hall–Kier alpha value is -14.5. The van der Waals surface area contributed by atoms with E-state index in [0.29, 0.717) is 97.1 Å². The van der Waals surface area contributed by atoms with Crippen LogP contribution in [0.15, 0.2) is 253 Å². The lowest BCUT2D eigenvalue weighted by Crippen LogP contribution is -2.03. The van der Waals surface area contributed by atoms with Crippen LogP contribution in [-0.4, -0.2) is 69.1 Å². The lowest BCUT2D eigenvalue weighted by Gasteiger charge is -2.07. The van der Waals surface area contributed by atoms with Gasteiger partial charge in [0, 0.05) is 94.1 Å². The van der Waals surface area contributed by atoms with Gasteiger partial charge in [0.05, 0.1) is 31.9 Å². The van der Waals surface area contributed by atoms with Crippen LogP contribution in [0.3, 0.4) is 0 Å². The summed E-state index contributed by atoms with van der Waals surface area (Å²) in [6.07, 6.45) is 7.06. The highest BCUT2D eigenvalue weighted by Gasteiger charge is 2.22. The summed E-state index contributed by atoms with van der Waals surface area (Å²) < 4.78 is 138. The Morgan fingerprint density at radius 1 is 0.321 bits per heavy atom. The number of hydrogen-bond acceptors (Lipinski definition) is 12. The van der Waals surface area contributed by atoms with Crippen LogP contribution in [0.1, 0.15) is 56.7 Å². The molecule has 5 N–H and O–H groups in total. The van der Waals surface area contributed by atoms with Gasteiger partial charge >= 0.3 is 0 Å². The first-order valence-corrected chi connectivity index (χ1v) is 33.1. The minimum absolute atomic E-state index is 0.0754. The average Bonchev–Trinajstić information content (AvgIpc) is 1.08. The van der Waals surface area contributed by atoms with E-state index in [0.717, 1.165) is 75.2 Å². The van der Waals surface area contributed by atoms with Crippen LogP contribution < -0.4 is 10.1 Å². The normalized spacial score (nSPS) is 10.6. The molecular weight excluding hydrogens is 1390 g/mol. The maximum atomic E-state index is 13.5. The second-order valence-electron chi connectivity index (χ2n) is 22.7. The fraction of sp³-hybridized carbons (Fsp3) is 0.0123. The maximum absolute atomic E-state index is 13.5. The van der Waals surface area contributed by atoms with Crippen LogP contribution in [0, 0.1) is 93.9 Å². The predicted octanol–water partition coefficient (Wildman–Crippen LogP) is 16.5. The molecule has 8 aromatic heterocycles. The molecule has 0 aliphatic heterocycles. The van der Waals surface area contributed by atoms with Crippen LogP contribution in [0.2, 0.25) is 0 Å². The Morgan fingerprint density at radius 3 is 1.14 bits per heavy atom. The first-order chi connectivity index (χ1) is 51.4. The predicted molar refractivity (Wildman–Crippen MR) is 382 cm³/mol. The largest absolute Gasteiger partial charge is 0.457 e. The van der Waals surface area contributed by atoms with Crippen molar-refractivity contribution in [2.24, 2.45) is 0 Å². The number of hydrogen-bond donors (Lipinski definition) is 5. The van der Waals surface area contributed by atoms with E-state index in [1.165, 1.54) is 42.5 Å². The summed E-state index contributed by atoms with van der Waals surface area (Å²) in [5, 5.41) is 34.0. The van der Waals surface area contributed by atoms with E-state index in [-0.39, 0.29) is 10.6 Å². The molecule has 25 heteroatoms. The van der Waals surface area contributed by atoms with E-state index < -0.39 is 61.3 Å². The first kappa shape index (κ1) is 69.9. The lowest BCUT2D eigenvalue weighted by atomic mass is 10.0. The highest BCUT2D eigenvalue weighted by molar-refractivity contribution is 7.91. The Kier molecular flexibility index (Phi) is 21.1. The number of nitrogens with zero attached hydrogens (tertiary/aromatic N) is 8. The Morgan fingerprint density at radius 2 is 0.698 bits per heavy atom. The molecule has 0 atom stereocenters. The molecule has 16 rings (SSSR count). The van der Waals surface area contributed by atoms with Crippen molar-refractivity contribution >= 4 is 64.8 Å². The summed E-state index contributed by atoms with van der Waals surface area (Å²) in [5.74, 6) is 18.4. The van der Waals surface area contributed by atoms with Crippen LogP contribution in [0.5, 0.6) is 11.5 Å². The quantitative estimate of drug-likeness (QED) is 0.0708. The van der Waals surface area contributed by atoms with Crippen molar-refractivity contribution in [1.82, 2.24) is 60.7 Å². The standard InChI is InChI=1S/C21H13F2N3.C20H12F2N4.C20H11F2N3O2S.C20H11F2N3O/c22-16-10-15(11-17(23)13-16)9-14-4-6-20-19(12-14)21(26-25-20)7-5-18-3-1-2-8-24-18;21-13-9-14(22)11-17(10-13)24-16-5-7-20-18(12-16)19(25-26-20)6-4-15-3-1-2-8-23-15;21-13-9-14(22)11-17(10-13)28(26,27)16-5-7-20-18(12-16)19(24-25-20)6-4-15-3-1-2-8-23-15;21-13-9-14(22)11-17(10-13)26-16-5-7-20-18(12-16)19(24-25-20)6-4-15-3-1-2-8-23-15/h1-4,6,8,10-13H,9H2,(H,25,26);1-3,5,7-12,24H,(H,25,26);1-3,5,7-12H,(H,24,25);1-3,5,7-12H,(H,24,25). The third kappa shape index (κ3) is 18.0. The van der Waals surface area contributed by atoms with Crippen LogP contribution >= 0.6 is 0 Å². The number of H-pyrrole nitrogens is 4. The smallest absolute Gasteiger partial charge is 0.206 e. The van der Waals surface area contributed by atoms with Gasteiger partial charge in [-0.15, -0.1) is 0 Å². The number of fused-ring (bicyclic) bond motifs is 4. The molecule has 8 heterocycles. The van der Waals surface area contributed by atoms with Crippen molar-refractivity contribution in [3.63, 3.8) is 0 Å². The molecule has 106 heavy (non-hydrogen) atoms. The van der Waals surface area contributed by atoms with Gasteiger partial charge in [-0.05, 0) is 217 Å². The molecule has 16 nitrogen and oxygen atoms in total. The number of aromatic nitrogens is 12. The average molecular weight is 1430 g/mol. The number of aromatic amines is 4. The summed E-state index contributed by atoms with van der Waals surface area (Å²) in [7, 11) is -4.12. The zero-order valence-electron chi connectivity index (χ0n) is 54.5. The molecule has 0 bridgehead atoms. The molecule has 516 valence electrons. The maximum Gasteiger partial charge on any atom is 0.206 e. The van der Waals surface area contributed by atoms with Gasteiger partial charge in [0.2, 0.25) is 9.84 Å². The van der Waals surface area contributed by atoms with Gasteiger partial charge < -0.3 is 10.1 Å². The number of pyridine rings is 4. The molecule has 8 aromatic carbocycles. The summed E-state index contributed by atoms with van der Waals surface area (Å²) in [6.45, 7) is 0. The zero-order valence-corrected chi connectivity index (χ0v) is 55.4. The van der Waals surface area contributed by atoms with Gasteiger partial charge in [0.1, 0.15) is 104 Å². The molecule has 0 saturated carbocycles. The second kappa shape index (κ2) is 32.0. The van der Waals surface area contributed by atoms with Gasteiger partial charge in [0.15, 0.2) is 0 Å². The van der Waals surface area contributed by atoms with E-state index >= 15 is 0 Å². The number of benzene rings is 8. The molecule has 16 aromatic rings. The van der Waals surface area contributed by atoms with Crippen molar-refractivity contribution in [3.8, 4) is 58.9 Å². The summed E-state index contributed by atoms with van der Waals surface area (Å²) in [6, 6.07) is 54.2. The summed E-state index contributed by atoms with van der Waals surface area (Å²) in [4.78, 5) is 16.0. The van der Waals surface area contributed by atoms with Gasteiger partial charge in [-0.2, -0.15) is 20.4 Å². The topological polar surface area (TPSA) is 222 Å². The zero-order chi connectivity index (χ0) is 73.5. The Labute approximate surface area is 597 Å². The monoisotopic (exact) mass is 1430 g/mol. The summed E-state index contributed by atoms with van der Waals surface area (Å²) >= 11 is 0. The molecule has 0 saturated heterocycles. The van der Waals surface area contributed by atoms with E-state index in [9.17, 15) is 43.5 Å². The minimum Gasteiger partial charge on any atom is -0.457 e. The van der Waals surface area contributed by atoms with E-state index in [2.05, 4.69) is 113 Å². The third-order valence-electron chi connectivity index (χ3n) is 15.2. The van der Waals surface area contributed by atoms with E-state index in [1.54, 1.807) is 79.4 Å². The van der Waals surface area contributed by atoms with Crippen molar-refractivity contribution in [3.05, 3.63) is 346 Å². The molecule has 0 aliphatic carbocycles. The van der Waals surface area contributed by atoms with Gasteiger partial charge in [-0.3, -0.25) is 20.4 Å². The number of halogens is 8. The van der Waals surface area contributed by atoms with Crippen molar-refractivity contribution < 1.29 is 48.3 Å². The van der Waals surface area contributed by atoms with Crippen LogP contribution in [0.4, 0.5) is 46.5 Å². The van der Waals surface area contributed by atoms with Crippen LogP contribution in [-0.2, 0) is 16.3 Å². The fourth-order valence-electron chi connectivity index (χ4n) is 10.4. The molecule has 0 fully saturated rings. The lowest BCUT2D eigenvalue weighted by molar-refractivity contribution is 0.469.